The largest absolute Gasteiger partial charge is 0.342 e. The number of carbonyl (C=O) groups is 1. The predicted octanol–water partition coefficient (Wildman–Crippen LogP) is 2.38. The lowest BCUT2D eigenvalue weighted by atomic mass is 9.98. The number of amides is 1. The average molecular weight is 286 g/mol. The zero-order valence-electron chi connectivity index (χ0n) is 12.9. The van der Waals surface area contributed by atoms with Gasteiger partial charge in [-0.05, 0) is 48.6 Å². The minimum absolute atomic E-state index is 0.302. The molecule has 2 aliphatic rings. The van der Waals surface area contributed by atoms with Gasteiger partial charge in [0.25, 0.3) is 0 Å². The molecule has 2 N–H and O–H groups in total. The first-order valence-corrected chi connectivity index (χ1v) is 8.28. The van der Waals surface area contributed by atoms with Crippen LogP contribution >= 0.6 is 0 Å². The smallest absolute Gasteiger partial charge is 0.222 e. The Balaban J connectivity index is 1.50. The Morgan fingerprint density at radius 3 is 2.57 bits per heavy atom. The molecule has 3 nitrogen and oxygen atoms in total. The Hall–Kier alpha value is -1.35. The van der Waals surface area contributed by atoms with Crippen LogP contribution in [0, 0.1) is 11.8 Å². The standard InChI is InChI=1S/C18H26N2O/c1-2-13-3-5-14(6-4-13)7-10-18(21)20-11-15-8-9-17(19)16(15)12-20/h3-6,15-17H,2,7-12,19H2,1H3. The molecule has 1 heterocycles. The van der Waals surface area contributed by atoms with Crippen molar-refractivity contribution in [3.63, 3.8) is 0 Å². The maximum atomic E-state index is 12.4. The van der Waals surface area contributed by atoms with Gasteiger partial charge >= 0.3 is 0 Å². The molecule has 1 saturated heterocycles. The first-order chi connectivity index (χ1) is 10.2. The molecule has 1 aromatic carbocycles. The second-order valence-corrected chi connectivity index (χ2v) is 6.63. The van der Waals surface area contributed by atoms with E-state index in [0.717, 1.165) is 32.4 Å². The van der Waals surface area contributed by atoms with E-state index in [2.05, 4.69) is 36.1 Å². The summed E-state index contributed by atoms with van der Waals surface area (Å²) in [7, 11) is 0. The van der Waals surface area contributed by atoms with Crippen LogP contribution in [0.25, 0.3) is 0 Å². The second kappa shape index (κ2) is 6.18. The fraction of sp³-hybridized carbons (Fsp3) is 0.611. The number of carbonyl (C=O) groups excluding carboxylic acids is 1. The van der Waals surface area contributed by atoms with Crippen LogP contribution in [0.2, 0.25) is 0 Å². The number of fused-ring (bicyclic) bond motifs is 1. The van der Waals surface area contributed by atoms with Gasteiger partial charge in [-0.1, -0.05) is 31.2 Å². The minimum Gasteiger partial charge on any atom is -0.342 e. The number of nitrogens with zero attached hydrogens (tertiary/aromatic N) is 1. The van der Waals surface area contributed by atoms with Crippen molar-refractivity contribution < 1.29 is 4.79 Å². The van der Waals surface area contributed by atoms with E-state index in [9.17, 15) is 4.79 Å². The molecule has 114 valence electrons. The van der Waals surface area contributed by atoms with Gasteiger partial charge in [0.2, 0.25) is 5.91 Å². The van der Waals surface area contributed by atoms with Crippen molar-refractivity contribution in [1.29, 1.82) is 0 Å². The van der Waals surface area contributed by atoms with Crippen LogP contribution in [0.3, 0.4) is 0 Å². The number of benzene rings is 1. The van der Waals surface area contributed by atoms with E-state index in [1.54, 1.807) is 0 Å². The van der Waals surface area contributed by atoms with E-state index >= 15 is 0 Å². The third kappa shape index (κ3) is 3.13. The molecule has 0 aromatic heterocycles. The Kier molecular flexibility index (Phi) is 4.29. The van der Waals surface area contributed by atoms with Crippen LogP contribution in [-0.4, -0.2) is 29.9 Å². The first kappa shape index (κ1) is 14.6. The SMILES string of the molecule is CCc1ccc(CCC(=O)N2CC3CCC(N)C3C2)cc1. The summed E-state index contributed by atoms with van der Waals surface area (Å²) in [6.07, 6.45) is 4.88. The highest BCUT2D eigenvalue weighted by Gasteiger charge is 2.42. The Morgan fingerprint density at radius 1 is 1.19 bits per heavy atom. The molecular weight excluding hydrogens is 260 g/mol. The van der Waals surface area contributed by atoms with Crippen molar-refractivity contribution in [2.75, 3.05) is 13.1 Å². The monoisotopic (exact) mass is 286 g/mol. The van der Waals surface area contributed by atoms with Gasteiger partial charge in [0.15, 0.2) is 0 Å². The fourth-order valence-electron chi connectivity index (χ4n) is 3.86. The molecule has 1 aromatic rings. The summed E-state index contributed by atoms with van der Waals surface area (Å²) >= 11 is 0. The molecule has 1 amide bonds. The highest BCUT2D eigenvalue weighted by atomic mass is 16.2. The van der Waals surface area contributed by atoms with Gasteiger partial charge in [0.1, 0.15) is 0 Å². The molecule has 1 saturated carbocycles. The van der Waals surface area contributed by atoms with Gasteiger partial charge in [0.05, 0.1) is 0 Å². The van der Waals surface area contributed by atoms with Crippen molar-refractivity contribution in [3.05, 3.63) is 35.4 Å². The molecular formula is C18H26N2O. The van der Waals surface area contributed by atoms with Gasteiger partial charge in [-0.15, -0.1) is 0 Å². The Bertz CT molecular complexity index is 496. The van der Waals surface area contributed by atoms with E-state index in [-0.39, 0.29) is 0 Å². The van der Waals surface area contributed by atoms with Gasteiger partial charge in [-0.3, -0.25) is 4.79 Å². The summed E-state index contributed by atoms with van der Waals surface area (Å²) in [5.41, 5.74) is 8.75. The van der Waals surface area contributed by atoms with E-state index in [0.29, 0.717) is 30.2 Å². The van der Waals surface area contributed by atoms with Crippen LogP contribution < -0.4 is 5.73 Å². The Morgan fingerprint density at radius 2 is 1.90 bits per heavy atom. The summed E-state index contributed by atoms with van der Waals surface area (Å²) < 4.78 is 0. The molecule has 3 heteroatoms. The van der Waals surface area contributed by atoms with Gasteiger partial charge in [-0.25, -0.2) is 0 Å². The third-order valence-electron chi connectivity index (χ3n) is 5.32. The molecule has 0 spiro atoms. The lowest BCUT2D eigenvalue weighted by molar-refractivity contribution is -0.130. The van der Waals surface area contributed by atoms with Crippen LogP contribution in [0.4, 0.5) is 0 Å². The number of likely N-dealkylation sites (tertiary alicyclic amines) is 1. The molecule has 1 aliphatic heterocycles. The highest BCUT2D eigenvalue weighted by molar-refractivity contribution is 5.76. The molecule has 0 radical (unpaired) electrons. The fourth-order valence-corrected chi connectivity index (χ4v) is 3.86. The van der Waals surface area contributed by atoms with Crippen molar-refractivity contribution in [2.24, 2.45) is 17.6 Å². The quantitative estimate of drug-likeness (QED) is 0.923. The van der Waals surface area contributed by atoms with Crippen molar-refractivity contribution in [1.82, 2.24) is 4.90 Å². The second-order valence-electron chi connectivity index (χ2n) is 6.63. The normalized spacial score (nSPS) is 27.9. The lowest BCUT2D eigenvalue weighted by Gasteiger charge is -2.18. The molecule has 3 rings (SSSR count). The van der Waals surface area contributed by atoms with E-state index in [4.69, 9.17) is 5.73 Å². The van der Waals surface area contributed by atoms with Gasteiger partial charge in [0, 0.05) is 25.6 Å². The molecule has 0 bridgehead atoms. The number of hydrogen-bond acceptors (Lipinski definition) is 2. The molecule has 21 heavy (non-hydrogen) atoms. The Labute approximate surface area is 127 Å². The third-order valence-corrected chi connectivity index (χ3v) is 5.32. The zero-order valence-corrected chi connectivity index (χ0v) is 12.9. The topological polar surface area (TPSA) is 46.3 Å². The summed E-state index contributed by atoms with van der Waals surface area (Å²) in [6.45, 7) is 3.99. The zero-order chi connectivity index (χ0) is 14.8. The number of rotatable bonds is 4. The number of hydrogen-bond donors (Lipinski definition) is 1. The maximum Gasteiger partial charge on any atom is 0.222 e. The van der Waals surface area contributed by atoms with Gasteiger partial charge < -0.3 is 10.6 Å². The minimum atomic E-state index is 0.302. The van der Waals surface area contributed by atoms with Crippen molar-refractivity contribution >= 4 is 5.91 Å². The van der Waals surface area contributed by atoms with Crippen molar-refractivity contribution in [2.45, 2.75) is 45.1 Å². The molecule has 3 atom stereocenters. The summed E-state index contributed by atoms with van der Waals surface area (Å²) in [4.78, 5) is 14.4. The summed E-state index contributed by atoms with van der Waals surface area (Å²) in [5, 5.41) is 0. The summed E-state index contributed by atoms with van der Waals surface area (Å²) in [5.74, 6) is 1.52. The lowest BCUT2D eigenvalue weighted by Crippen LogP contribution is -2.33. The number of aryl methyl sites for hydroxylation is 2. The maximum absolute atomic E-state index is 12.4. The van der Waals surface area contributed by atoms with Crippen LogP contribution in [0.5, 0.6) is 0 Å². The van der Waals surface area contributed by atoms with Crippen molar-refractivity contribution in [3.8, 4) is 0 Å². The van der Waals surface area contributed by atoms with E-state index in [1.807, 2.05) is 0 Å². The van der Waals surface area contributed by atoms with E-state index < -0.39 is 0 Å². The van der Waals surface area contributed by atoms with Crippen LogP contribution in [0.15, 0.2) is 24.3 Å². The number of nitrogens with two attached hydrogens (primary N) is 1. The molecule has 1 aliphatic carbocycles. The van der Waals surface area contributed by atoms with E-state index in [1.165, 1.54) is 17.5 Å². The molecule has 3 unspecified atom stereocenters. The van der Waals surface area contributed by atoms with Crippen LogP contribution in [-0.2, 0) is 17.6 Å². The predicted molar refractivity (Wildman–Crippen MR) is 84.9 cm³/mol. The van der Waals surface area contributed by atoms with Gasteiger partial charge in [-0.2, -0.15) is 0 Å². The average Bonchev–Trinajstić information content (AvgIpc) is 3.08. The molecule has 2 fully saturated rings. The first-order valence-electron chi connectivity index (χ1n) is 8.28. The summed E-state index contributed by atoms with van der Waals surface area (Å²) in [6, 6.07) is 8.95. The van der Waals surface area contributed by atoms with Crippen LogP contribution in [0.1, 0.15) is 37.3 Å². The highest BCUT2D eigenvalue weighted by Crippen LogP contribution is 2.37.